The molecule has 0 aromatic heterocycles. The molecule has 0 aliphatic carbocycles. The van der Waals surface area contributed by atoms with E-state index in [-0.39, 0.29) is 23.9 Å². The van der Waals surface area contributed by atoms with E-state index < -0.39 is 6.09 Å². The lowest BCUT2D eigenvalue weighted by molar-refractivity contribution is 0.0792. The number of carbonyl (C=O) groups is 2. The maximum atomic E-state index is 13.0. The SMILES string of the molecule is CCOc1ccc(C2Nc3ccc(C(=O)N4CCCC4)cc3C3C2CCN3C(=O)O)cc1. The van der Waals surface area contributed by atoms with Gasteiger partial charge in [0.2, 0.25) is 0 Å². The predicted molar refractivity (Wildman–Crippen MR) is 121 cm³/mol. The number of hydrogen-bond donors (Lipinski definition) is 2. The van der Waals surface area contributed by atoms with E-state index in [1.165, 1.54) is 4.90 Å². The first-order chi connectivity index (χ1) is 15.6. The Morgan fingerprint density at radius 1 is 1.09 bits per heavy atom. The highest BCUT2D eigenvalue weighted by atomic mass is 16.5. The van der Waals surface area contributed by atoms with Crippen LogP contribution < -0.4 is 10.1 Å². The quantitative estimate of drug-likeness (QED) is 0.737. The molecule has 2 N–H and O–H groups in total. The lowest BCUT2D eigenvalue weighted by Crippen LogP contribution is -2.37. The smallest absolute Gasteiger partial charge is 0.407 e. The summed E-state index contributed by atoms with van der Waals surface area (Å²) >= 11 is 0. The third-order valence-corrected chi connectivity index (χ3v) is 6.99. The first-order valence-electron chi connectivity index (χ1n) is 11.5. The molecule has 5 rings (SSSR count). The van der Waals surface area contributed by atoms with Gasteiger partial charge < -0.3 is 25.0 Å². The number of anilines is 1. The van der Waals surface area contributed by atoms with Crippen LogP contribution in [0.1, 0.15) is 59.8 Å². The van der Waals surface area contributed by atoms with E-state index in [0.717, 1.165) is 54.9 Å². The first kappa shape index (κ1) is 20.7. The van der Waals surface area contributed by atoms with Crippen molar-refractivity contribution in [2.75, 3.05) is 31.6 Å². The minimum atomic E-state index is -0.910. The van der Waals surface area contributed by atoms with Crippen molar-refractivity contribution >= 4 is 17.7 Å². The number of benzene rings is 2. The molecule has 3 heterocycles. The molecular weight excluding hydrogens is 406 g/mol. The summed E-state index contributed by atoms with van der Waals surface area (Å²) in [5.74, 6) is 0.955. The fourth-order valence-electron chi connectivity index (χ4n) is 5.50. The van der Waals surface area contributed by atoms with Crippen LogP contribution in [-0.2, 0) is 0 Å². The van der Waals surface area contributed by atoms with Crippen molar-refractivity contribution < 1.29 is 19.4 Å². The molecule has 2 saturated heterocycles. The van der Waals surface area contributed by atoms with E-state index in [0.29, 0.717) is 18.7 Å². The second-order valence-corrected chi connectivity index (χ2v) is 8.80. The van der Waals surface area contributed by atoms with Crippen molar-refractivity contribution in [3.8, 4) is 5.75 Å². The Balaban J connectivity index is 1.51. The average molecular weight is 436 g/mol. The minimum absolute atomic E-state index is 0.00680. The van der Waals surface area contributed by atoms with Gasteiger partial charge in [-0.2, -0.15) is 0 Å². The van der Waals surface area contributed by atoms with E-state index in [9.17, 15) is 14.7 Å². The molecule has 168 valence electrons. The number of ether oxygens (including phenoxy) is 1. The number of rotatable bonds is 4. The molecule has 0 radical (unpaired) electrons. The Morgan fingerprint density at radius 3 is 2.53 bits per heavy atom. The van der Waals surface area contributed by atoms with E-state index in [1.807, 2.05) is 42.2 Å². The van der Waals surface area contributed by atoms with Gasteiger partial charge in [-0.1, -0.05) is 12.1 Å². The predicted octanol–water partition coefficient (Wildman–Crippen LogP) is 4.53. The highest BCUT2D eigenvalue weighted by molar-refractivity contribution is 5.95. The minimum Gasteiger partial charge on any atom is -0.494 e. The van der Waals surface area contributed by atoms with Crippen molar-refractivity contribution in [3.63, 3.8) is 0 Å². The number of amides is 2. The molecule has 3 aliphatic rings. The van der Waals surface area contributed by atoms with Crippen LogP contribution in [0.15, 0.2) is 42.5 Å². The van der Waals surface area contributed by atoms with Crippen LogP contribution in [0.25, 0.3) is 0 Å². The van der Waals surface area contributed by atoms with Gasteiger partial charge >= 0.3 is 6.09 Å². The van der Waals surface area contributed by atoms with Gasteiger partial charge in [0.05, 0.1) is 18.7 Å². The van der Waals surface area contributed by atoms with Crippen LogP contribution in [0.4, 0.5) is 10.5 Å². The fourth-order valence-corrected chi connectivity index (χ4v) is 5.50. The van der Waals surface area contributed by atoms with Crippen LogP contribution in [0, 0.1) is 5.92 Å². The largest absolute Gasteiger partial charge is 0.494 e. The van der Waals surface area contributed by atoms with Crippen LogP contribution in [0.2, 0.25) is 0 Å². The van der Waals surface area contributed by atoms with Crippen molar-refractivity contribution in [3.05, 3.63) is 59.2 Å². The molecule has 0 bridgehead atoms. The number of carboxylic acid groups (broad SMARTS) is 1. The molecule has 0 spiro atoms. The van der Waals surface area contributed by atoms with Gasteiger partial charge in [0.15, 0.2) is 0 Å². The zero-order valence-corrected chi connectivity index (χ0v) is 18.3. The molecule has 2 aromatic carbocycles. The van der Waals surface area contributed by atoms with Crippen LogP contribution in [-0.4, -0.2) is 53.1 Å². The molecular formula is C25H29N3O4. The number of nitrogens with zero attached hydrogens (tertiary/aromatic N) is 2. The monoisotopic (exact) mass is 435 g/mol. The summed E-state index contributed by atoms with van der Waals surface area (Å²) in [4.78, 5) is 28.5. The Bertz CT molecular complexity index is 1020. The Labute approximate surface area is 188 Å². The summed E-state index contributed by atoms with van der Waals surface area (Å²) in [6, 6.07) is 13.5. The topological polar surface area (TPSA) is 82.1 Å². The summed E-state index contributed by atoms with van der Waals surface area (Å²) < 4.78 is 5.58. The Morgan fingerprint density at radius 2 is 1.84 bits per heavy atom. The molecule has 3 atom stereocenters. The standard InChI is InChI=1S/C25H29N3O4/c1-2-32-18-8-5-16(6-9-18)22-19-11-14-28(25(30)31)23(19)20-15-17(7-10-21(20)26-22)24(29)27-12-3-4-13-27/h5-10,15,19,22-23,26H,2-4,11-14H2,1H3,(H,30,31). The van der Waals surface area contributed by atoms with Crippen LogP contribution in [0.3, 0.4) is 0 Å². The van der Waals surface area contributed by atoms with Crippen molar-refractivity contribution in [2.24, 2.45) is 5.92 Å². The highest BCUT2D eigenvalue weighted by Crippen LogP contribution is 2.51. The van der Waals surface area contributed by atoms with E-state index >= 15 is 0 Å². The maximum Gasteiger partial charge on any atom is 0.407 e. The van der Waals surface area contributed by atoms with Gasteiger partial charge in [-0.3, -0.25) is 4.79 Å². The van der Waals surface area contributed by atoms with E-state index in [2.05, 4.69) is 17.4 Å². The van der Waals surface area contributed by atoms with Crippen molar-refractivity contribution in [1.29, 1.82) is 0 Å². The van der Waals surface area contributed by atoms with Gasteiger partial charge in [0.25, 0.3) is 5.91 Å². The number of nitrogens with one attached hydrogen (secondary N) is 1. The Kier molecular flexibility index (Phi) is 5.41. The molecule has 2 amide bonds. The molecule has 0 saturated carbocycles. The van der Waals surface area contributed by atoms with Crippen LogP contribution >= 0.6 is 0 Å². The lowest BCUT2D eigenvalue weighted by Gasteiger charge is -2.39. The van der Waals surface area contributed by atoms with Gasteiger partial charge in [-0.15, -0.1) is 0 Å². The zero-order chi connectivity index (χ0) is 22.2. The first-order valence-corrected chi connectivity index (χ1v) is 11.5. The molecule has 7 nitrogen and oxygen atoms in total. The highest BCUT2D eigenvalue weighted by Gasteiger charge is 2.46. The van der Waals surface area contributed by atoms with Crippen molar-refractivity contribution in [2.45, 2.75) is 38.3 Å². The third-order valence-electron chi connectivity index (χ3n) is 6.99. The van der Waals surface area contributed by atoms with E-state index in [4.69, 9.17) is 4.74 Å². The van der Waals surface area contributed by atoms with Gasteiger partial charge in [0.1, 0.15) is 5.75 Å². The molecule has 7 heteroatoms. The fraction of sp³-hybridized carbons (Fsp3) is 0.440. The van der Waals surface area contributed by atoms with Crippen molar-refractivity contribution in [1.82, 2.24) is 9.80 Å². The average Bonchev–Trinajstić information content (AvgIpc) is 3.49. The molecule has 3 unspecified atom stereocenters. The lowest BCUT2D eigenvalue weighted by atomic mass is 9.79. The summed E-state index contributed by atoms with van der Waals surface area (Å²) in [5.41, 5.74) is 3.56. The molecule has 2 aromatic rings. The third kappa shape index (κ3) is 3.55. The Hall–Kier alpha value is -3.22. The number of carbonyl (C=O) groups excluding carboxylic acids is 1. The maximum absolute atomic E-state index is 13.0. The summed E-state index contributed by atoms with van der Waals surface area (Å²) in [7, 11) is 0. The normalized spacial score (nSPS) is 24.0. The van der Waals surface area contributed by atoms with E-state index in [1.54, 1.807) is 0 Å². The number of fused-ring (bicyclic) bond motifs is 3. The second kappa shape index (κ2) is 8.37. The van der Waals surface area contributed by atoms with Gasteiger partial charge in [-0.05, 0) is 67.6 Å². The summed E-state index contributed by atoms with van der Waals surface area (Å²) in [6.07, 6.45) is 1.94. The second-order valence-electron chi connectivity index (χ2n) is 8.80. The zero-order valence-electron chi connectivity index (χ0n) is 18.3. The molecule has 2 fully saturated rings. The molecule has 32 heavy (non-hydrogen) atoms. The summed E-state index contributed by atoms with van der Waals surface area (Å²) in [5, 5.41) is 13.5. The van der Waals surface area contributed by atoms with Crippen LogP contribution in [0.5, 0.6) is 5.75 Å². The number of likely N-dealkylation sites (tertiary alicyclic amines) is 2. The molecule has 3 aliphatic heterocycles. The van der Waals surface area contributed by atoms with Gasteiger partial charge in [0, 0.05) is 36.8 Å². The number of hydrogen-bond acceptors (Lipinski definition) is 4. The van der Waals surface area contributed by atoms with Gasteiger partial charge in [-0.25, -0.2) is 4.79 Å². The summed E-state index contributed by atoms with van der Waals surface area (Å²) in [6.45, 7) is 4.65.